The van der Waals surface area contributed by atoms with Gasteiger partial charge in [-0.25, -0.2) is 4.98 Å². The number of benzene rings is 1. The van der Waals surface area contributed by atoms with Crippen molar-refractivity contribution in [3.8, 4) is 17.1 Å². The van der Waals surface area contributed by atoms with Gasteiger partial charge in [0.2, 0.25) is 0 Å². The van der Waals surface area contributed by atoms with Gasteiger partial charge in [-0.1, -0.05) is 0 Å². The summed E-state index contributed by atoms with van der Waals surface area (Å²) >= 11 is 0. The van der Waals surface area contributed by atoms with Crippen LogP contribution in [0.3, 0.4) is 0 Å². The van der Waals surface area contributed by atoms with Gasteiger partial charge >= 0.3 is 0 Å². The van der Waals surface area contributed by atoms with Crippen LogP contribution in [0, 0.1) is 6.92 Å². The van der Waals surface area contributed by atoms with E-state index in [0.29, 0.717) is 22.6 Å². The van der Waals surface area contributed by atoms with Gasteiger partial charge in [0.1, 0.15) is 11.6 Å². The Balaban J connectivity index is 1.74. The third-order valence-electron chi connectivity index (χ3n) is 5.06. The van der Waals surface area contributed by atoms with Gasteiger partial charge in [0, 0.05) is 43.6 Å². The molecule has 1 aromatic carbocycles. The predicted molar refractivity (Wildman–Crippen MR) is 101 cm³/mol. The molecular weight excluding hydrogens is 330 g/mol. The van der Waals surface area contributed by atoms with Gasteiger partial charge in [0.25, 0.3) is 0 Å². The lowest BCUT2D eigenvalue weighted by molar-refractivity contribution is 0.281. The second-order valence-electron chi connectivity index (χ2n) is 6.83. The van der Waals surface area contributed by atoms with Gasteiger partial charge < -0.3 is 25.0 Å². The number of aromatic nitrogens is 3. The Bertz CT molecular complexity index is 944. The number of imidazole rings is 1. The van der Waals surface area contributed by atoms with Crippen LogP contribution in [0.1, 0.15) is 11.3 Å². The zero-order chi connectivity index (χ0) is 18.3. The number of aliphatic hydroxyl groups excluding tert-OH is 1. The standard InChI is InChI=1S/C19H23N5O2/c1-12-18(26)17(13(11-25)10-20-12)19-21-15-4-3-14(9-16(15)22-19)24-7-5-23(2)6-8-24/h3-4,9-10,25-26H,5-8,11H2,1-2H3,(H,21,22). The lowest BCUT2D eigenvalue weighted by atomic mass is 10.1. The highest BCUT2D eigenvalue weighted by Gasteiger charge is 2.18. The van der Waals surface area contributed by atoms with Crippen molar-refractivity contribution in [3.05, 3.63) is 35.7 Å². The molecule has 3 aromatic rings. The van der Waals surface area contributed by atoms with Crippen molar-refractivity contribution in [1.82, 2.24) is 19.9 Å². The van der Waals surface area contributed by atoms with Gasteiger partial charge in [0.05, 0.1) is 28.9 Å². The molecule has 0 aliphatic carbocycles. The molecular formula is C19H23N5O2. The Kier molecular flexibility index (Phi) is 4.26. The van der Waals surface area contributed by atoms with Gasteiger partial charge in [-0.3, -0.25) is 4.98 Å². The third kappa shape index (κ3) is 2.89. The number of likely N-dealkylation sites (N-methyl/N-ethyl adjacent to an activating group) is 1. The van der Waals surface area contributed by atoms with E-state index in [1.54, 1.807) is 13.1 Å². The molecule has 3 N–H and O–H groups in total. The SMILES string of the molecule is Cc1ncc(CO)c(-c2nc3ccc(N4CCN(C)CC4)cc3[nH]2)c1O. The molecule has 7 heteroatoms. The first-order chi connectivity index (χ1) is 12.6. The summed E-state index contributed by atoms with van der Waals surface area (Å²) in [5.74, 6) is 0.595. The van der Waals surface area contributed by atoms with Crippen molar-refractivity contribution in [2.45, 2.75) is 13.5 Å². The summed E-state index contributed by atoms with van der Waals surface area (Å²) in [7, 11) is 2.14. The minimum atomic E-state index is -0.209. The lowest BCUT2D eigenvalue weighted by Crippen LogP contribution is -2.44. The molecule has 136 valence electrons. The molecule has 4 rings (SSSR count). The molecule has 1 aliphatic heterocycles. The van der Waals surface area contributed by atoms with Crippen LogP contribution in [0.4, 0.5) is 5.69 Å². The molecule has 0 atom stereocenters. The van der Waals surface area contributed by atoms with Crippen LogP contribution < -0.4 is 4.90 Å². The van der Waals surface area contributed by atoms with Crippen molar-refractivity contribution in [2.75, 3.05) is 38.1 Å². The Morgan fingerprint density at radius 1 is 1.19 bits per heavy atom. The fourth-order valence-electron chi connectivity index (χ4n) is 3.39. The van der Waals surface area contributed by atoms with Gasteiger partial charge in [-0.05, 0) is 32.2 Å². The molecule has 0 saturated carbocycles. The number of piperazine rings is 1. The summed E-state index contributed by atoms with van der Waals surface area (Å²) in [6.45, 7) is 5.63. The Morgan fingerprint density at radius 3 is 2.69 bits per heavy atom. The number of nitrogens with one attached hydrogen (secondary N) is 1. The van der Waals surface area contributed by atoms with Crippen LogP contribution in [0.2, 0.25) is 0 Å². The second-order valence-corrected chi connectivity index (χ2v) is 6.83. The second kappa shape index (κ2) is 6.59. The number of anilines is 1. The van der Waals surface area contributed by atoms with Gasteiger partial charge in [-0.2, -0.15) is 0 Å². The summed E-state index contributed by atoms with van der Waals surface area (Å²) in [4.78, 5) is 16.7. The molecule has 0 bridgehead atoms. The highest BCUT2D eigenvalue weighted by Crippen LogP contribution is 2.34. The number of aromatic hydroxyl groups is 1. The van der Waals surface area contributed by atoms with E-state index in [1.807, 2.05) is 6.07 Å². The number of hydrogen-bond acceptors (Lipinski definition) is 6. The molecule has 0 spiro atoms. The van der Waals surface area contributed by atoms with E-state index in [9.17, 15) is 10.2 Å². The summed E-state index contributed by atoms with van der Waals surface area (Å²) in [5.41, 5.74) is 4.47. The zero-order valence-corrected chi connectivity index (χ0v) is 15.0. The van der Waals surface area contributed by atoms with Gasteiger partial charge in [0.15, 0.2) is 0 Å². The largest absolute Gasteiger partial charge is 0.505 e. The molecule has 0 unspecified atom stereocenters. The van der Waals surface area contributed by atoms with Gasteiger partial charge in [-0.15, -0.1) is 0 Å². The normalized spacial score (nSPS) is 15.7. The first-order valence-electron chi connectivity index (χ1n) is 8.78. The number of H-pyrrole nitrogens is 1. The topological polar surface area (TPSA) is 88.5 Å². The van der Waals surface area contributed by atoms with Crippen LogP contribution in [0.5, 0.6) is 5.75 Å². The fourth-order valence-corrected chi connectivity index (χ4v) is 3.39. The number of aliphatic hydroxyl groups is 1. The first-order valence-corrected chi connectivity index (χ1v) is 8.78. The van der Waals surface area contributed by atoms with Crippen molar-refractivity contribution >= 4 is 16.7 Å². The molecule has 0 radical (unpaired) electrons. The van der Waals surface area contributed by atoms with Crippen LogP contribution in [0.25, 0.3) is 22.4 Å². The van der Waals surface area contributed by atoms with Crippen LogP contribution in [0.15, 0.2) is 24.4 Å². The molecule has 7 nitrogen and oxygen atoms in total. The molecule has 1 fully saturated rings. The number of hydrogen-bond donors (Lipinski definition) is 3. The van der Waals surface area contributed by atoms with Crippen molar-refractivity contribution in [1.29, 1.82) is 0 Å². The average Bonchev–Trinajstić information content (AvgIpc) is 3.07. The zero-order valence-electron chi connectivity index (χ0n) is 15.0. The quantitative estimate of drug-likeness (QED) is 0.666. The number of aryl methyl sites for hydroxylation is 1. The summed E-state index contributed by atoms with van der Waals surface area (Å²) in [6, 6.07) is 6.18. The van der Waals surface area contributed by atoms with Crippen LogP contribution in [-0.4, -0.2) is 63.3 Å². The van der Waals surface area contributed by atoms with Crippen molar-refractivity contribution < 1.29 is 10.2 Å². The molecule has 2 aromatic heterocycles. The predicted octanol–water partition coefficient (Wildman–Crippen LogP) is 1.88. The highest BCUT2D eigenvalue weighted by molar-refractivity contribution is 5.84. The lowest BCUT2D eigenvalue weighted by Gasteiger charge is -2.34. The average molecular weight is 353 g/mol. The Labute approximate surface area is 151 Å². The Morgan fingerprint density at radius 2 is 1.96 bits per heavy atom. The minimum Gasteiger partial charge on any atom is -0.505 e. The highest BCUT2D eigenvalue weighted by atomic mass is 16.3. The van der Waals surface area contributed by atoms with Crippen molar-refractivity contribution in [3.63, 3.8) is 0 Å². The fraction of sp³-hybridized carbons (Fsp3) is 0.368. The number of fused-ring (bicyclic) bond motifs is 1. The van der Waals surface area contributed by atoms with E-state index in [4.69, 9.17) is 0 Å². The summed E-state index contributed by atoms with van der Waals surface area (Å²) in [5, 5.41) is 20.0. The maximum Gasteiger partial charge on any atom is 0.148 e. The van der Waals surface area contributed by atoms with E-state index in [0.717, 1.165) is 37.2 Å². The van der Waals surface area contributed by atoms with E-state index >= 15 is 0 Å². The first kappa shape index (κ1) is 16.8. The van der Waals surface area contributed by atoms with Crippen LogP contribution >= 0.6 is 0 Å². The number of pyridine rings is 1. The molecule has 0 amide bonds. The molecule has 3 heterocycles. The van der Waals surface area contributed by atoms with E-state index in [2.05, 4.69) is 43.9 Å². The Hall–Kier alpha value is -2.64. The maximum atomic E-state index is 10.4. The monoisotopic (exact) mass is 353 g/mol. The third-order valence-corrected chi connectivity index (χ3v) is 5.06. The smallest absolute Gasteiger partial charge is 0.148 e. The maximum absolute atomic E-state index is 10.4. The van der Waals surface area contributed by atoms with Crippen molar-refractivity contribution in [2.24, 2.45) is 0 Å². The molecule has 1 aliphatic rings. The van der Waals surface area contributed by atoms with Crippen LogP contribution in [-0.2, 0) is 6.61 Å². The van der Waals surface area contributed by atoms with E-state index in [-0.39, 0.29) is 12.4 Å². The summed E-state index contributed by atoms with van der Waals surface area (Å²) < 4.78 is 0. The number of rotatable bonds is 3. The minimum absolute atomic E-state index is 0.0508. The van der Waals surface area contributed by atoms with E-state index in [1.165, 1.54) is 5.69 Å². The van der Waals surface area contributed by atoms with E-state index < -0.39 is 0 Å². The number of nitrogens with zero attached hydrogens (tertiary/aromatic N) is 4. The summed E-state index contributed by atoms with van der Waals surface area (Å²) in [6.07, 6.45) is 1.58. The molecule has 1 saturated heterocycles. The molecule has 26 heavy (non-hydrogen) atoms. The number of aromatic amines is 1.